The number of benzene rings is 2. The van der Waals surface area contributed by atoms with Crippen molar-refractivity contribution >= 4 is 34.1 Å². The van der Waals surface area contributed by atoms with E-state index in [0.717, 1.165) is 17.0 Å². The Hall–Kier alpha value is -3.17. The van der Waals surface area contributed by atoms with Crippen LogP contribution >= 0.6 is 23.1 Å². The van der Waals surface area contributed by atoms with Gasteiger partial charge in [-0.3, -0.25) is 4.79 Å². The molecule has 0 saturated heterocycles. The van der Waals surface area contributed by atoms with Crippen LogP contribution in [0.5, 0.6) is 5.75 Å². The molecule has 0 saturated carbocycles. The first kappa shape index (κ1) is 24.9. The standard InChI is InChI=1S/C26H29N5O2S2/c1-17-6-8-18(9-7-17)21-15-34-24(27-21)28-23(32)16-35-25-30-29-22(31(25)5)14-33-20-12-10-19(11-13-20)26(2,3)4/h6-13,15H,14,16H2,1-5H3,(H,27,28,32). The first-order chi connectivity index (χ1) is 16.7. The van der Waals surface area contributed by atoms with Crippen LogP contribution in [0.4, 0.5) is 5.13 Å². The Morgan fingerprint density at radius 3 is 2.49 bits per heavy atom. The SMILES string of the molecule is Cc1ccc(-c2csc(NC(=O)CSc3nnc(COc4ccc(C(C)(C)C)cc4)n3C)n2)cc1. The highest BCUT2D eigenvalue weighted by Crippen LogP contribution is 2.26. The van der Waals surface area contributed by atoms with E-state index in [9.17, 15) is 4.79 Å². The van der Waals surface area contributed by atoms with Gasteiger partial charge in [-0.2, -0.15) is 0 Å². The molecule has 0 aliphatic carbocycles. The van der Waals surface area contributed by atoms with Gasteiger partial charge in [-0.15, -0.1) is 21.5 Å². The summed E-state index contributed by atoms with van der Waals surface area (Å²) in [7, 11) is 1.87. The molecule has 0 aliphatic rings. The second-order valence-electron chi connectivity index (χ2n) is 9.26. The van der Waals surface area contributed by atoms with Crippen LogP contribution in [-0.4, -0.2) is 31.4 Å². The third kappa shape index (κ3) is 6.49. The van der Waals surface area contributed by atoms with Gasteiger partial charge in [-0.05, 0) is 30.0 Å². The van der Waals surface area contributed by atoms with Crippen LogP contribution in [0.15, 0.2) is 59.1 Å². The molecular weight excluding hydrogens is 478 g/mol. The topological polar surface area (TPSA) is 81.9 Å². The molecule has 7 nitrogen and oxygen atoms in total. The maximum atomic E-state index is 12.5. The van der Waals surface area contributed by atoms with Crippen LogP contribution in [-0.2, 0) is 23.9 Å². The van der Waals surface area contributed by atoms with Crippen molar-refractivity contribution < 1.29 is 9.53 Å². The molecule has 0 atom stereocenters. The number of thioether (sulfide) groups is 1. The zero-order valence-electron chi connectivity index (χ0n) is 20.5. The lowest BCUT2D eigenvalue weighted by atomic mass is 9.87. The molecule has 35 heavy (non-hydrogen) atoms. The first-order valence-electron chi connectivity index (χ1n) is 11.3. The van der Waals surface area contributed by atoms with E-state index in [4.69, 9.17) is 4.74 Å². The van der Waals surface area contributed by atoms with Gasteiger partial charge in [0.1, 0.15) is 12.4 Å². The highest BCUT2D eigenvalue weighted by Gasteiger charge is 2.15. The summed E-state index contributed by atoms with van der Waals surface area (Å²) in [6, 6.07) is 16.3. The molecule has 9 heteroatoms. The van der Waals surface area contributed by atoms with Crippen LogP contribution in [0.3, 0.4) is 0 Å². The van der Waals surface area contributed by atoms with Crippen molar-refractivity contribution in [3.8, 4) is 17.0 Å². The van der Waals surface area contributed by atoms with Crippen molar-refractivity contribution in [1.29, 1.82) is 0 Å². The Labute approximate surface area is 214 Å². The molecule has 4 aromatic rings. The van der Waals surface area contributed by atoms with Gasteiger partial charge in [0.25, 0.3) is 0 Å². The van der Waals surface area contributed by atoms with Crippen molar-refractivity contribution in [2.45, 2.75) is 44.9 Å². The molecule has 1 amide bonds. The number of carbonyl (C=O) groups is 1. The molecule has 182 valence electrons. The van der Waals surface area contributed by atoms with Gasteiger partial charge in [-0.1, -0.05) is 74.5 Å². The molecule has 2 aromatic carbocycles. The summed E-state index contributed by atoms with van der Waals surface area (Å²) in [4.78, 5) is 17.0. The molecule has 2 aromatic heterocycles. The largest absolute Gasteiger partial charge is 0.486 e. The lowest BCUT2D eigenvalue weighted by Crippen LogP contribution is -2.14. The van der Waals surface area contributed by atoms with Gasteiger partial charge < -0.3 is 14.6 Å². The lowest BCUT2D eigenvalue weighted by molar-refractivity contribution is -0.113. The molecule has 0 spiro atoms. The average molecular weight is 508 g/mol. The molecule has 0 bridgehead atoms. The van der Waals surface area contributed by atoms with E-state index in [1.54, 1.807) is 0 Å². The fraction of sp³-hybridized carbons (Fsp3) is 0.308. The number of hydrogen-bond acceptors (Lipinski definition) is 7. The maximum Gasteiger partial charge on any atom is 0.236 e. The number of nitrogens with zero attached hydrogens (tertiary/aromatic N) is 4. The third-order valence-electron chi connectivity index (χ3n) is 5.44. The summed E-state index contributed by atoms with van der Waals surface area (Å²) in [6.45, 7) is 8.89. The monoisotopic (exact) mass is 507 g/mol. The van der Waals surface area contributed by atoms with Crippen molar-refractivity contribution in [3.63, 3.8) is 0 Å². The zero-order chi connectivity index (χ0) is 25.0. The fourth-order valence-corrected chi connectivity index (χ4v) is 4.73. The number of ether oxygens (including phenoxy) is 1. The number of carbonyl (C=O) groups excluding carboxylic acids is 1. The van der Waals surface area contributed by atoms with Gasteiger partial charge in [0, 0.05) is 18.0 Å². The zero-order valence-corrected chi connectivity index (χ0v) is 22.2. The summed E-state index contributed by atoms with van der Waals surface area (Å²) in [5.74, 6) is 1.54. The quantitative estimate of drug-likeness (QED) is 0.301. The van der Waals surface area contributed by atoms with E-state index in [2.05, 4.69) is 53.4 Å². The number of anilines is 1. The minimum absolute atomic E-state index is 0.101. The molecule has 2 heterocycles. The summed E-state index contributed by atoms with van der Waals surface area (Å²) >= 11 is 2.74. The highest BCUT2D eigenvalue weighted by molar-refractivity contribution is 7.99. The number of aromatic nitrogens is 4. The Bertz CT molecular complexity index is 1290. The minimum atomic E-state index is -0.139. The predicted molar refractivity (Wildman–Crippen MR) is 142 cm³/mol. The molecular formula is C26H29N5O2S2. The van der Waals surface area contributed by atoms with Crippen LogP contribution in [0, 0.1) is 6.92 Å². The second kappa shape index (κ2) is 10.6. The average Bonchev–Trinajstić information content (AvgIpc) is 3.43. The van der Waals surface area contributed by atoms with Crippen LogP contribution in [0.2, 0.25) is 0 Å². The third-order valence-corrected chi connectivity index (χ3v) is 7.22. The number of aryl methyl sites for hydroxylation is 1. The van der Waals surface area contributed by atoms with Gasteiger partial charge >= 0.3 is 0 Å². The smallest absolute Gasteiger partial charge is 0.236 e. The van der Waals surface area contributed by atoms with Gasteiger partial charge in [0.05, 0.1) is 11.4 Å². The van der Waals surface area contributed by atoms with Gasteiger partial charge in [-0.25, -0.2) is 4.98 Å². The predicted octanol–water partition coefficient (Wildman–Crippen LogP) is 5.85. The van der Waals surface area contributed by atoms with Crippen molar-refractivity contribution in [3.05, 3.63) is 70.9 Å². The fourth-order valence-electron chi connectivity index (χ4n) is 3.27. The lowest BCUT2D eigenvalue weighted by Gasteiger charge is -2.19. The van der Waals surface area contributed by atoms with E-state index in [0.29, 0.717) is 22.7 Å². The molecule has 1 N–H and O–H groups in total. The normalized spacial score (nSPS) is 11.5. The van der Waals surface area contributed by atoms with E-state index >= 15 is 0 Å². The van der Waals surface area contributed by atoms with Crippen molar-refractivity contribution in [2.24, 2.45) is 7.05 Å². The minimum Gasteiger partial charge on any atom is -0.486 e. The number of amides is 1. The van der Waals surface area contributed by atoms with E-state index in [1.165, 1.54) is 34.2 Å². The van der Waals surface area contributed by atoms with E-state index in [1.807, 2.05) is 60.3 Å². The Morgan fingerprint density at radius 2 is 1.80 bits per heavy atom. The Kier molecular flexibility index (Phi) is 7.57. The van der Waals surface area contributed by atoms with Crippen LogP contribution in [0.25, 0.3) is 11.3 Å². The summed E-state index contributed by atoms with van der Waals surface area (Å²) in [5, 5.41) is 14.5. The number of thiazole rings is 1. The summed E-state index contributed by atoms with van der Waals surface area (Å²) in [6.07, 6.45) is 0. The van der Waals surface area contributed by atoms with E-state index < -0.39 is 0 Å². The molecule has 4 rings (SSSR count). The highest BCUT2D eigenvalue weighted by atomic mass is 32.2. The molecule has 0 unspecified atom stereocenters. The van der Waals surface area contributed by atoms with E-state index in [-0.39, 0.29) is 17.1 Å². The Morgan fingerprint density at radius 1 is 1.09 bits per heavy atom. The molecule has 0 radical (unpaired) electrons. The molecule has 0 aliphatic heterocycles. The number of nitrogens with one attached hydrogen (secondary N) is 1. The number of hydrogen-bond donors (Lipinski definition) is 1. The summed E-state index contributed by atoms with van der Waals surface area (Å²) < 4.78 is 7.73. The molecule has 0 fully saturated rings. The summed E-state index contributed by atoms with van der Waals surface area (Å²) in [5.41, 5.74) is 4.43. The van der Waals surface area contributed by atoms with Crippen LogP contribution in [0.1, 0.15) is 37.7 Å². The van der Waals surface area contributed by atoms with Crippen molar-refractivity contribution in [1.82, 2.24) is 19.7 Å². The van der Waals surface area contributed by atoms with Crippen LogP contribution < -0.4 is 10.1 Å². The second-order valence-corrected chi connectivity index (χ2v) is 11.1. The van der Waals surface area contributed by atoms with Gasteiger partial charge in [0.2, 0.25) is 5.91 Å². The number of rotatable bonds is 8. The Balaban J connectivity index is 1.28. The van der Waals surface area contributed by atoms with Crippen molar-refractivity contribution in [2.75, 3.05) is 11.1 Å². The van der Waals surface area contributed by atoms with Gasteiger partial charge in [0.15, 0.2) is 16.1 Å². The first-order valence-corrected chi connectivity index (χ1v) is 13.1. The maximum absolute atomic E-state index is 12.5.